The summed E-state index contributed by atoms with van der Waals surface area (Å²) < 4.78 is 5.61. The number of nitrogens with zero attached hydrogens (tertiary/aromatic N) is 2. The predicted octanol–water partition coefficient (Wildman–Crippen LogP) is 4.05. The second kappa shape index (κ2) is 6.29. The Morgan fingerprint density at radius 2 is 1.94 bits per heavy atom. The van der Waals surface area contributed by atoms with Gasteiger partial charge in [0.1, 0.15) is 11.0 Å². The summed E-state index contributed by atoms with van der Waals surface area (Å²) in [5, 5.41) is 1.22. The van der Waals surface area contributed by atoms with Crippen molar-refractivity contribution in [2.45, 2.75) is 25.9 Å². The molecular weight excluding hydrogens is 295 g/mol. The smallest absolute Gasteiger partial charge is 0.150 e. The van der Waals surface area contributed by atoms with Gasteiger partial charge in [-0.25, -0.2) is 4.98 Å². The van der Waals surface area contributed by atoms with Crippen LogP contribution in [0.25, 0.3) is 0 Å². The molecular formula is C12H15Cl3N2O. The van der Waals surface area contributed by atoms with Crippen LogP contribution >= 0.6 is 34.8 Å². The first-order valence-corrected chi connectivity index (χ1v) is 7.13. The van der Waals surface area contributed by atoms with Crippen molar-refractivity contribution in [2.24, 2.45) is 0 Å². The fourth-order valence-corrected chi connectivity index (χ4v) is 2.74. The fourth-order valence-electron chi connectivity index (χ4n) is 2.13. The molecule has 0 saturated carbocycles. The summed E-state index contributed by atoms with van der Waals surface area (Å²) in [6.07, 6.45) is 2.30. The van der Waals surface area contributed by atoms with Gasteiger partial charge in [-0.15, -0.1) is 0 Å². The Morgan fingerprint density at radius 3 is 2.56 bits per heavy atom. The SMILES string of the molecule is CCOC1CCN(c2nc(Cl)c(Cl)cc2Cl)CC1. The van der Waals surface area contributed by atoms with Gasteiger partial charge in [0.25, 0.3) is 0 Å². The number of aromatic nitrogens is 1. The summed E-state index contributed by atoms with van der Waals surface area (Å²) in [7, 11) is 0. The summed E-state index contributed by atoms with van der Waals surface area (Å²) in [6, 6.07) is 1.64. The molecule has 1 aliphatic heterocycles. The molecule has 0 amide bonds. The van der Waals surface area contributed by atoms with E-state index in [1.807, 2.05) is 6.92 Å². The van der Waals surface area contributed by atoms with Gasteiger partial charge in [-0.2, -0.15) is 0 Å². The number of pyridine rings is 1. The van der Waals surface area contributed by atoms with Gasteiger partial charge in [-0.3, -0.25) is 0 Å². The van der Waals surface area contributed by atoms with Crippen LogP contribution in [0.1, 0.15) is 19.8 Å². The van der Waals surface area contributed by atoms with Crippen molar-refractivity contribution in [3.63, 3.8) is 0 Å². The van der Waals surface area contributed by atoms with Gasteiger partial charge in [-0.05, 0) is 25.8 Å². The fraction of sp³-hybridized carbons (Fsp3) is 0.583. The molecule has 1 aromatic heterocycles. The third-order valence-corrected chi connectivity index (χ3v) is 3.96. The van der Waals surface area contributed by atoms with Crippen molar-refractivity contribution in [3.8, 4) is 0 Å². The Kier molecular flexibility index (Phi) is 4.96. The molecule has 100 valence electrons. The van der Waals surface area contributed by atoms with Gasteiger partial charge in [0.2, 0.25) is 0 Å². The first-order chi connectivity index (χ1) is 8.61. The first kappa shape index (κ1) is 14.2. The highest BCUT2D eigenvalue weighted by Crippen LogP contribution is 2.32. The lowest BCUT2D eigenvalue weighted by Crippen LogP contribution is -2.37. The van der Waals surface area contributed by atoms with E-state index in [1.165, 1.54) is 0 Å². The standard InChI is InChI=1S/C12H15Cl3N2O/c1-2-18-8-3-5-17(6-4-8)12-10(14)7-9(13)11(15)16-12/h7-8H,2-6H2,1H3. The molecule has 0 unspecified atom stereocenters. The van der Waals surface area contributed by atoms with E-state index in [0.29, 0.717) is 27.1 Å². The minimum atomic E-state index is 0.294. The van der Waals surface area contributed by atoms with E-state index in [-0.39, 0.29) is 0 Å². The average Bonchev–Trinajstić information content (AvgIpc) is 2.35. The Balaban J connectivity index is 2.07. The van der Waals surface area contributed by atoms with Crippen LogP contribution in [0.3, 0.4) is 0 Å². The number of hydrogen-bond donors (Lipinski definition) is 0. The zero-order chi connectivity index (χ0) is 13.1. The van der Waals surface area contributed by atoms with Gasteiger partial charge < -0.3 is 9.64 Å². The molecule has 6 heteroatoms. The normalized spacial score (nSPS) is 17.2. The summed E-state index contributed by atoms with van der Waals surface area (Å²) in [6.45, 7) is 4.52. The number of hydrogen-bond acceptors (Lipinski definition) is 3. The Bertz CT molecular complexity index is 420. The monoisotopic (exact) mass is 308 g/mol. The number of piperidine rings is 1. The van der Waals surface area contributed by atoms with Gasteiger partial charge >= 0.3 is 0 Å². The van der Waals surface area contributed by atoms with Crippen molar-refractivity contribution in [3.05, 3.63) is 21.3 Å². The second-order valence-corrected chi connectivity index (χ2v) is 5.38. The van der Waals surface area contributed by atoms with E-state index in [0.717, 1.165) is 32.5 Å². The number of anilines is 1. The minimum Gasteiger partial charge on any atom is -0.378 e. The minimum absolute atomic E-state index is 0.294. The van der Waals surface area contributed by atoms with E-state index in [9.17, 15) is 0 Å². The van der Waals surface area contributed by atoms with Crippen LogP contribution in [0.2, 0.25) is 15.2 Å². The van der Waals surface area contributed by atoms with Crippen LogP contribution in [0.4, 0.5) is 5.82 Å². The van der Waals surface area contributed by atoms with Gasteiger partial charge in [0, 0.05) is 19.7 Å². The molecule has 3 nitrogen and oxygen atoms in total. The van der Waals surface area contributed by atoms with E-state index >= 15 is 0 Å². The lowest BCUT2D eigenvalue weighted by Gasteiger charge is -2.33. The highest BCUT2D eigenvalue weighted by atomic mass is 35.5. The van der Waals surface area contributed by atoms with E-state index < -0.39 is 0 Å². The lowest BCUT2D eigenvalue weighted by molar-refractivity contribution is 0.0458. The maximum atomic E-state index is 6.15. The Labute approximate surface area is 122 Å². The quantitative estimate of drug-likeness (QED) is 0.788. The van der Waals surface area contributed by atoms with E-state index in [4.69, 9.17) is 39.5 Å². The number of halogens is 3. The van der Waals surface area contributed by atoms with E-state index in [1.54, 1.807) is 6.07 Å². The topological polar surface area (TPSA) is 25.4 Å². The Morgan fingerprint density at radius 1 is 1.28 bits per heavy atom. The van der Waals surface area contributed by atoms with Crippen LogP contribution in [-0.4, -0.2) is 30.8 Å². The molecule has 0 bridgehead atoms. The molecule has 0 radical (unpaired) electrons. The summed E-state index contributed by atoms with van der Waals surface area (Å²) in [5.74, 6) is 0.709. The first-order valence-electron chi connectivity index (χ1n) is 6.00. The van der Waals surface area contributed by atoms with Gasteiger partial charge in [-0.1, -0.05) is 34.8 Å². The molecule has 0 aliphatic carbocycles. The van der Waals surface area contributed by atoms with Crippen LogP contribution in [0.15, 0.2) is 6.07 Å². The molecule has 0 spiro atoms. The van der Waals surface area contributed by atoms with Crippen molar-refractivity contribution < 1.29 is 4.74 Å². The third-order valence-electron chi connectivity index (χ3n) is 3.01. The van der Waals surface area contributed by atoms with Crippen LogP contribution in [0.5, 0.6) is 0 Å². The molecule has 2 heterocycles. The zero-order valence-corrected chi connectivity index (χ0v) is 12.4. The molecule has 1 aliphatic rings. The summed E-state index contributed by atoms with van der Waals surface area (Å²) in [5.41, 5.74) is 0. The molecule has 1 fully saturated rings. The van der Waals surface area contributed by atoms with Crippen molar-refractivity contribution in [2.75, 3.05) is 24.6 Å². The molecule has 0 atom stereocenters. The van der Waals surface area contributed by atoms with Crippen molar-refractivity contribution >= 4 is 40.6 Å². The van der Waals surface area contributed by atoms with Crippen molar-refractivity contribution in [1.82, 2.24) is 4.98 Å². The predicted molar refractivity (Wildman–Crippen MR) is 76.1 cm³/mol. The van der Waals surface area contributed by atoms with Crippen LogP contribution in [-0.2, 0) is 4.74 Å². The van der Waals surface area contributed by atoms with Gasteiger partial charge in [0.05, 0.1) is 16.1 Å². The Hall–Kier alpha value is -0.220. The second-order valence-electron chi connectivity index (χ2n) is 4.21. The molecule has 1 saturated heterocycles. The highest BCUT2D eigenvalue weighted by Gasteiger charge is 2.22. The molecule has 2 rings (SSSR count). The van der Waals surface area contributed by atoms with E-state index in [2.05, 4.69) is 9.88 Å². The molecule has 0 N–H and O–H groups in total. The zero-order valence-electron chi connectivity index (χ0n) is 10.1. The molecule has 1 aromatic rings. The summed E-state index contributed by atoms with van der Waals surface area (Å²) >= 11 is 18.0. The summed E-state index contributed by atoms with van der Waals surface area (Å²) in [4.78, 5) is 6.38. The number of ether oxygens (including phenoxy) is 1. The maximum Gasteiger partial charge on any atom is 0.150 e. The average molecular weight is 310 g/mol. The number of rotatable bonds is 3. The molecule has 0 aromatic carbocycles. The highest BCUT2D eigenvalue weighted by molar-refractivity contribution is 6.42. The van der Waals surface area contributed by atoms with Crippen molar-refractivity contribution in [1.29, 1.82) is 0 Å². The molecule has 18 heavy (non-hydrogen) atoms. The van der Waals surface area contributed by atoms with Crippen LogP contribution in [0, 0.1) is 0 Å². The maximum absolute atomic E-state index is 6.15. The van der Waals surface area contributed by atoms with Gasteiger partial charge in [0.15, 0.2) is 0 Å². The third kappa shape index (κ3) is 3.21. The largest absolute Gasteiger partial charge is 0.378 e. The van der Waals surface area contributed by atoms with Crippen LogP contribution < -0.4 is 4.90 Å². The lowest BCUT2D eigenvalue weighted by atomic mass is 10.1.